The Morgan fingerprint density at radius 1 is 0.966 bits per heavy atom. The summed E-state index contributed by atoms with van der Waals surface area (Å²) >= 11 is 0. The Bertz CT molecular complexity index is 1130. The minimum atomic E-state index is -0.907. The Balaban J connectivity index is 1.35. The summed E-state index contributed by atoms with van der Waals surface area (Å²) in [6.07, 6.45) is 0. The molecule has 29 heavy (non-hydrogen) atoms. The second-order valence-electron chi connectivity index (χ2n) is 6.35. The first kappa shape index (κ1) is 17.0. The molecule has 2 aliphatic rings. The number of aromatic nitrogens is 2. The largest absolute Gasteiger partial charge is 0.486 e. The zero-order chi connectivity index (χ0) is 20.0. The summed E-state index contributed by atoms with van der Waals surface area (Å²) < 4.78 is 11.0. The number of nitrogens with one attached hydrogen (secondary N) is 1. The van der Waals surface area contributed by atoms with Crippen molar-refractivity contribution in [3.8, 4) is 22.8 Å². The van der Waals surface area contributed by atoms with Gasteiger partial charge in [0.2, 0.25) is 0 Å². The number of carbonyl (C=O) groups is 3. The molecule has 1 aromatic heterocycles. The molecular formula is C20H13N3O6. The fourth-order valence-corrected chi connectivity index (χ4v) is 3.16. The number of ether oxygens (including phenoxy) is 2. The molecule has 3 aromatic rings. The van der Waals surface area contributed by atoms with Crippen LogP contribution < -0.4 is 9.47 Å². The molecule has 0 radical (unpaired) electrons. The number of H-pyrrole nitrogens is 1. The Kier molecular flexibility index (Phi) is 3.80. The Morgan fingerprint density at radius 2 is 1.66 bits per heavy atom. The third kappa shape index (κ3) is 2.80. The number of rotatable bonds is 3. The predicted octanol–water partition coefficient (Wildman–Crippen LogP) is 2.22. The molecule has 144 valence electrons. The van der Waals surface area contributed by atoms with Gasteiger partial charge in [-0.3, -0.25) is 14.7 Å². The first-order chi connectivity index (χ1) is 14.1. The maximum Gasteiger partial charge on any atom is 0.381 e. The molecule has 0 unspecified atom stereocenters. The van der Waals surface area contributed by atoms with E-state index in [9.17, 15) is 14.4 Å². The average Bonchev–Trinajstić information content (AvgIpc) is 3.34. The zero-order valence-electron chi connectivity index (χ0n) is 14.9. The van der Waals surface area contributed by atoms with E-state index in [0.717, 1.165) is 0 Å². The first-order valence-electron chi connectivity index (χ1n) is 8.77. The van der Waals surface area contributed by atoms with E-state index in [0.29, 0.717) is 41.0 Å². The number of nitrogens with zero attached hydrogens (tertiary/aromatic N) is 2. The number of hydrogen-bond donors (Lipinski definition) is 1. The summed E-state index contributed by atoms with van der Waals surface area (Å²) in [5.41, 5.74) is 1.53. The molecule has 1 N–H and O–H groups in total. The van der Waals surface area contributed by atoms with E-state index in [4.69, 9.17) is 14.3 Å². The van der Waals surface area contributed by atoms with Crippen LogP contribution in [0.5, 0.6) is 11.5 Å². The van der Waals surface area contributed by atoms with Gasteiger partial charge in [0.15, 0.2) is 11.5 Å². The highest BCUT2D eigenvalue weighted by atomic mass is 16.7. The van der Waals surface area contributed by atoms with Crippen molar-refractivity contribution < 1.29 is 28.7 Å². The highest BCUT2D eigenvalue weighted by Gasteiger charge is 2.39. The van der Waals surface area contributed by atoms with Crippen molar-refractivity contribution in [1.29, 1.82) is 0 Å². The maximum atomic E-state index is 12.4. The molecule has 0 bridgehead atoms. The lowest BCUT2D eigenvalue weighted by Gasteiger charge is -2.18. The predicted molar refractivity (Wildman–Crippen MR) is 97.4 cm³/mol. The second-order valence-corrected chi connectivity index (χ2v) is 6.35. The Hall–Kier alpha value is -4.14. The minimum Gasteiger partial charge on any atom is -0.486 e. The SMILES string of the molecule is O=C(ON1C(=O)c2ccccc2C1=O)c1cc(-c2ccc3c(c2)OCCO3)n[nH]1. The lowest BCUT2D eigenvalue weighted by atomic mass is 10.1. The van der Waals surface area contributed by atoms with E-state index >= 15 is 0 Å². The van der Waals surface area contributed by atoms with Crippen LogP contribution in [0, 0.1) is 0 Å². The van der Waals surface area contributed by atoms with Crippen LogP contribution in [0.1, 0.15) is 31.2 Å². The highest BCUT2D eigenvalue weighted by Crippen LogP contribution is 2.34. The number of carbonyl (C=O) groups excluding carboxylic acids is 3. The van der Waals surface area contributed by atoms with E-state index in [1.54, 1.807) is 30.3 Å². The second kappa shape index (κ2) is 6.48. The maximum absolute atomic E-state index is 12.4. The van der Waals surface area contributed by atoms with Gasteiger partial charge in [-0.15, -0.1) is 0 Å². The van der Waals surface area contributed by atoms with Crippen LogP contribution in [0.4, 0.5) is 0 Å². The van der Waals surface area contributed by atoms with Gasteiger partial charge >= 0.3 is 5.97 Å². The molecule has 0 spiro atoms. The normalized spacial score (nSPS) is 14.7. The molecule has 0 saturated heterocycles. The van der Waals surface area contributed by atoms with Crippen LogP contribution in [0.2, 0.25) is 0 Å². The summed E-state index contributed by atoms with van der Waals surface area (Å²) in [5.74, 6) is -1.06. The number of hydroxylamine groups is 2. The van der Waals surface area contributed by atoms with Gasteiger partial charge in [0, 0.05) is 5.56 Å². The van der Waals surface area contributed by atoms with Crippen molar-refractivity contribution >= 4 is 17.8 Å². The van der Waals surface area contributed by atoms with Crippen molar-refractivity contribution in [2.45, 2.75) is 0 Å². The van der Waals surface area contributed by atoms with Crippen LogP contribution in [-0.2, 0) is 4.84 Å². The van der Waals surface area contributed by atoms with Crippen LogP contribution in [0.15, 0.2) is 48.5 Å². The van der Waals surface area contributed by atoms with Gasteiger partial charge in [-0.05, 0) is 36.4 Å². The first-order valence-corrected chi connectivity index (χ1v) is 8.77. The topological polar surface area (TPSA) is 111 Å². The lowest BCUT2D eigenvalue weighted by molar-refractivity contribution is -0.0588. The van der Waals surface area contributed by atoms with E-state index < -0.39 is 17.8 Å². The molecule has 0 fully saturated rings. The van der Waals surface area contributed by atoms with Crippen molar-refractivity contribution in [2.75, 3.05) is 13.2 Å². The van der Waals surface area contributed by atoms with Crippen molar-refractivity contribution in [2.24, 2.45) is 0 Å². The molecule has 2 aromatic carbocycles. The third-order valence-corrected chi connectivity index (χ3v) is 4.57. The van der Waals surface area contributed by atoms with Gasteiger partial charge in [0.25, 0.3) is 11.8 Å². The molecule has 9 heteroatoms. The molecule has 2 aliphatic heterocycles. The van der Waals surface area contributed by atoms with Gasteiger partial charge in [0.05, 0.1) is 16.8 Å². The smallest absolute Gasteiger partial charge is 0.381 e. The number of hydrogen-bond acceptors (Lipinski definition) is 7. The monoisotopic (exact) mass is 391 g/mol. The summed E-state index contributed by atoms with van der Waals surface area (Å²) in [6.45, 7) is 0.942. The number of benzene rings is 2. The number of amides is 2. The van der Waals surface area contributed by atoms with Crippen LogP contribution in [0.3, 0.4) is 0 Å². The van der Waals surface area contributed by atoms with Gasteiger partial charge in [-0.25, -0.2) is 4.79 Å². The molecule has 0 aliphatic carbocycles. The summed E-state index contributed by atoms with van der Waals surface area (Å²) in [6, 6.07) is 13.0. The zero-order valence-corrected chi connectivity index (χ0v) is 14.9. The van der Waals surface area contributed by atoms with E-state index in [2.05, 4.69) is 10.2 Å². The van der Waals surface area contributed by atoms with Crippen LogP contribution >= 0.6 is 0 Å². The van der Waals surface area contributed by atoms with Crippen molar-refractivity contribution in [1.82, 2.24) is 15.3 Å². The van der Waals surface area contributed by atoms with E-state index in [-0.39, 0.29) is 16.8 Å². The van der Waals surface area contributed by atoms with E-state index in [1.165, 1.54) is 18.2 Å². The van der Waals surface area contributed by atoms with Gasteiger partial charge in [-0.1, -0.05) is 17.2 Å². The number of imide groups is 1. The summed E-state index contributed by atoms with van der Waals surface area (Å²) in [7, 11) is 0. The highest BCUT2D eigenvalue weighted by molar-refractivity contribution is 6.21. The van der Waals surface area contributed by atoms with Crippen molar-refractivity contribution in [3.05, 3.63) is 65.4 Å². The minimum absolute atomic E-state index is 0.00792. The van der Waals surface area contributed by atoms with E-state index in [1.807, 2.05) is 0 Å². The molecule has 9 nitrogen and oxygen atoms in total. The van der Waals surface area contributed by atoms with Crippen LogP contribution in [0.25, 0.3) is 11.3 Å². The Morgan fingerprint density at radius 3 is 2.38 bits per heavy atom. The average molecular weight is 391 g/mol. The van der Waals surface area contributed by atoms with Gasteiger partial charge in [0.1, 0.15) is 18.9 Å². The molecule has 5 rings (SSSR count). The fraction of sp³-hybridized carbons (Fsp3) is 0.100. The standard InChI is InChI=1S/C20H13N3O6/c24-18-12-3-1-2-4-13(12)19(25)23(18)29-20(26)15-10-14(21-22-15)11-5-6-16-17(9-11)28-8-7-27-16/h1-6,9-10H,7-8H2,(H,21,22). The molecule has 0 atom stereocenters. The van der Waals surface area contributed by atoms with Crippen molar-refractivity contribution in [3.63, 3.8) is 0 Å². The number of aromatic amines is 1. The molecular weight excluding hydrogens is 378 g/mol. The fourth-order valence-electron chi connectivity index (χ4n) is 3.16. The summed E-state index contributed by atoms with van der Waals surface area (Å²) in [4.78, 5) is 42.1. The third-order valence-electron chi connectivity index (χ3n) is 4.57. The summed E-state index contributed by atoms with van der Waals surface area (Å²) in [5, 5.41) is 7.12. The molecule has 2 amide bonds. The lowest BCUT2D eigenvalue weighted by Crippen LogP contribution is -2.32. The quantitative estimate of drug-likeness (QED) is 0.682. The van der Waals surface area contributed by atoms with Gasteiger partial charge < -0.3 is 14.3 Å². The van der Waals surface area contributed by atoms with Gasteiger partial charge in [-0.2, -0.15) is 5.10 Å². The molecule has 0 saturated carbocycles. The molecule has 3 heterocycles. The number of fused-ring (bicyclic) bond motifs is 2. The van der Waals surface area contributed by atoms with Crippen LogP contribution in [-0.4, -0.2) is 46.3 Å². The Labute approximate surface area is 163 Å².